The first-order valence-corrected chi connectivity index (χ1v) is 7.01. The molecule has 1 atom stereocenters. The molecule has 0 radical (unpaired) electrons. The zero-order valence-corrected chi connectivity index (χ0v) is 11.8. The molecule has 0 saturated heterocycles. The van der Waals surface area contributed by atoms with Crippen molar-refractivity contribution in [3.63, 3.8) is 0 Å². The Morgan fingerprint density at radius 2 is 2.22 bits per heavy atom. The molecular formula is C15H25N3. The Labute approximate surface area is 111 Å². The van der Waals surface area contributed by atoms with Crippen molar-refractivity contribution < 1.29 is 0 Å². The molecule has 0 aliphatic heterocycles. The molecule has 1 N–H and O–H groups in total. The quantitative estimate of drug-likeness (QED) is 0.801. The summed E-state index contributed by atoms with van der Waals surface area (Å²) in [5.74, 6) is 0. The van der Waals surface area contributed by atoms with Crippen molar-refractivity contribution >= 4 is 0 Å². The Hall–Kier alpha value is -0.930. The van der Waals surface area contributed by atoms with Crippen molar-refractivity contribution in [1.29, 1.82) is 0 Å². The maximum absolute atomic E-state index is 4.56. The molecule has 1 heterocycles. The summed E-state index contributed by atoms with van der Waals surface area (Å²) in [6.45, 7) is 6.42. The zero-order valence-electron chi connectivity index (χ0n) is 11.8. The van der Waals surface area contributed by atoms with Gasteiger partial charge in [0, 0.05) is 24.3 Å². The van der Waals surface area contributed by atoms with Crippen LogP contribution in [0.4, 0.5) is 0 Å². The fraction of sp³-hybridized carbons (Fsp3) is 0.667. The summed E-state index contributed by atoms with van der Waals surface area (Å²) in [5, 5.41) is 3.57. The molecule has 1 aliphatic rings. The average molecular weight is 247 g/mol. The molecule has 18 heavy (non-hydrogen) atoms. The maximum atomic E-state index is 4.56. The van der Waals surface area contributed by atoms with Gasteiger partial charge in [0.1, 0.15) is 0 Å². The summed E-state index contributed by atoms with van der Waals surface area (Å²) in [7, 11) is 2.19. The lowest BCUT2D eigenvalue weighted by Crippen LogP contribution is -2.32. The van der Waals surface area contributed by atoms with Gasteiger partial charge in [0.2, 0.25) is 0 Å². The number of hydrogen-bond donors (Lipinski definition) is 1. The van der Waals surface area contributed by atoms with E-state index in [2.05, 4.69) is 41.3 Å². The molecule has 0 spiro atoms. The third kappa shape index (κ3) is 4.39. The standard InChI is InChI=1S/C15H25N3/c1-12-5-4-6-15(17-12)11-18(3)13(2)9-10-16-14-7-8-14/h4-6,13-14,16H,7-11H2,1-3H3. The van der Waals surface area contributed by atoms with E-state index in [1.807, 2.05) is 13.0 Å². The van der Waals surface area contributed by atoms with E-state index < -0.39 is 0 Å². The molecule has 1 aliphatic carbocycles. The van der Waals surface area contributed by atoms with Crippen LogP contribution in [0, 0.1) is 6.92 Å². The smallest absolute Gasteiger partial charge is 0.0547 e. The van der Waals surface area contributed by atoms with Crippen LogP contribution in [0.3, 0.4) is 0 Å². The van der Waals surface area contributed by atoms with Crippen LogP contribution in [-0.4, -0.2) is 35.6 Å². The number of nitrogens with zero attached hydrogens (tertiary/aromatic N) is 2. The molecule has 1 aromatic rings. The summed E-state index contributed by atoms with van der Waals surface area (Å²) >= 11 is 0. The Bertz CT molecular complexity index is 374. The topological polar surface area (TPSA) is 28.2 Å². The molecule has 1 saturated carbocycles. The van der Waals surface area contributed by atoms with E-state index in [1.54, 1.807) is 0 Å². The fourth-order valence-corrected chi connectivity index (χ4v) is 2.10. The van der Waals surface area contributed by atoms with Gasteiger partial charge in [-0.25, -0.2) is 0 Å². The van der Waals surface area contributed by atoms with Gasteiger partial charge in [-0.3, -0.25) is 9.88 Å². The van der Waals surface area contributed by atoms with E-state index in [-0.39, 0.29) is 0 Å². The maximum Gasteiger partial charge on any atom is 0.0547 e. The first-order chi connectivity index (χ1) is 8.65. The lowest BCUT2D eigenvalue weighted by atomic mass is 10.2. The molecule has 1 aromatic heterocycles. The molecule has 3 nitrogen and oxygen atoms in total. The van der Waals surface area contributed by atoms with Crippen LogP contribution in [0.5, 0.6) is 0 Å². The average Bonchev–Trinajstić information content (AvgIpc) is 3.13. The summed E-state index contributed by atoms with van der Waals surface area (Å²) in [6.07, 6.45) is 3.95. The van der Waals surface area contributed by atoms with E-state index in [0.717, 1.165) is 24.8 Å². The lowest BCUT2D eigenvalue weighted by Gasteiger charge is -2.24. The lowest BCUT2D eigenvalue weighted by molar-refractivity contribution is 0.234. The normalized spacial score (nSPS) is 17.1. The summed E-state index contributed by atoms with van der Waals surface area (Å²) in [4.78, 5) is 6.94. The minimum absolute atomic E-state index is 0.596. The minimum atomic E-state index is 0.596. The molecule has 1 fully saturated rings. The van der Waals surface area contributed by atoms with Crippen molar-refractivity contribution in [2.24, 2.45) is 0 Å². The summed E-state index contributed by atoms with van der Waals surface area (Å²) in [5.41, 5.74) is 2.27. The molecule has 100 valence electrons. The molecular weight excluding hydrogens is 222 g/mol. The van der Waals surface area contributed by atoms with Crippen LogP contribution in [0.15, 0.2) is 18.2 Å². The van der Waals surface area contributed by atoms with Gasteiger partial charge in [-0.05, 0) is 58.8 Å². The van der Waals surface area contributed by atoms with Crippen molar-refractivity contribution in [3.8, 4) is 0 Å². The first kappa shape index (κ1) is 13.5. The highest BCUT2D eigenvalue weighted by atomic mass is 15.1. The Morgan fingerprint density at radius 1 is 1.44 bits per heavy atom. The largest absolute Gasteiger partial charge is 0.314 e. The zero-order chi connectivity index (χ0) is 13.0. The third-order valence-electron chi connectivity index (χ3n) is 3.68. The predicted molar refractivity (Wildman–Crippen MR) is 75.5 cm³/mol. The van der Waals surface area contributed by atoms with Crippen LogP contribution < -0.4 is 5.32 Å². The van der Waals surface area contributed by atoms with E-state index in [1.165, 1.54) is 25.0 Å². The van der Waals surface area contributed by atoms with Crippen LogP contribution in [-0.2, 0) is 6.54 Å². The van der Waals surface area contributed by atoms with Gasteiger partial charge in [-0.15, -0.1) is 0 Å². The van der Waals surface area contributed by atoms with Crippen LogP contribution in [0.2, 0.25) is 0 Å². The van der Waals surface area contributed by atoms with E-state index in [4.69, 9.17) is 0 Å². The van der Waals surface area contributed by atoms with Gasteiger partial charge >= 0.3 is 0 Å². The Kier molecular flexibility index (Phi) is 4.72. The van der Waals surface area contributed by atoms with Crippen LogP contribution >= 0.6 is 0 Å². The van der Waals surface area contributed by atoms with Gasteiger partial charge < -0.3 is 5.32 Å². The van der Waals surface area contributed by atoms with E-state index in [0.29, 0.717) is 6.04 Å². The molecule has 0 aromatic carbocycles. The van der Waals surface area contributed by atoms with Gasteiger partial charge in [0.15, 0.2) is 0 Å². The fourth-order valence-electron chi connectivity index (χ4n) is 2.10. The van der Waals surface area contributed by atoms with Crippen molar-refractivity contribution in [1.82, 2.24) is 15.2 Å². The van der Waals surface area contributed by atoms with Crippen molar-refractivity contribution in [2.45, 2.75) is 51.7 Å². The summed E-state index contributed by atoms with van der Waals surface area (Å²) in [6, 6.07) is 7.66. The van der Waals surface area contributed by atoms with Crippen LogP contribution in [0.25, 0.3) is 0 Å². The van der Waals surface area contributed by atoms with Gasteiger partial charge in [-0.1, -0.05) is 6.07 Å². The highest BCUT2D eigenvalue weighted by Crippen LogP contribution is 2.18. The third-order valence-corrected chi connectivity index (χ3v) is 3.68. The van der Waals surface area contributed by atoms with Gasteiger partial charge in [0.05, 0.1) is 5.69 Å². The molecule has 0 bridgehead atoms. The second-order valence-corrected chi connectivity index (χ2v) is 5.55. The van der Waals surface area contributed by atoms with Gasteiger partial charge in [0.25, 0.3) is 0 Å². The molecule has 0 amide bonds. The van der Waals surface area contributed by atoms with Crippen molar-refractivity contribution in [2.75, 3.05) is 13.6 Å². The van der Waals surface area contributed by atoms with Crippen molar-refractivity contribution in [3.05, 3.63) is 29.6 Å². The first-order valence-electron chi connectivity index (χ1n) is 7.01. The van der Waals surface area contributed by atoms with Crippen LogP contribution in [0.1, 0.15) is 37.6 Å². The number of rotatable bonds is 7. The Balaban J connectivity index is 1.73. The second kappa shape index (κ2) is 6.30. The number of pyridine rings is 1. The molecule has 2 rings (SSSR count). The highest BCUT2D eigenvalue weighted by Gasteiger charge is 2.20. The second-order valence-electron chi connectivity index (χ2n) is 5.55. The number of aryl methyl sites for hydroxylation is 1. The number of hydrogen-bond acceptors (Lipinski definition) is 3. The molecule has 3 heteroatoms. The number of aromatic nitrogens is 1. The van der Waals surface area contributed by atoms with E-state index in [9.17, 15) is 0 Å². The number of nitrogens with one attached hydrogen (secondary N) is 1. The predicted octanol–water partition coefficient (Wildman–Crippen LogP) is 2.35. The Morgan fingerprint density at radius 3 is 2.89 bits per heavy atom. The SMILES string of the molecule is Cc1cccc(CN(C)C(C)CCNC2CC2)n1. The van der Waals surface area contributed by atoms with Gasteiger partial charge in [-0.2, -0.15) is 0 Å². The minimum Gasteiger partial charge on any atom is -0.314 e. The monoisotopic (exact) mass is 247 g/mol. The molecule has 1 unspecified atom stereocenters. The summed E-state index contributed by atoms with van der Waals surface area (Å²) < 4.78 is 0. The highest BCUT2D eigenvalue weighted by molar-refractivity contribution is 5.09. The van der Waals surface area contributed by atoms with E-state index >= 15 is 0 Å².